The smallest absolute Gasteiger partial charge is 0.338 e. The Bertz CT molecular complexity index is 722. The van der Waals surface area contributed by atoms with Crippen LogP contribution in [0, 0.1) is 6.92 Å². The van der Waals surface area contributed by atoms with Gasteiger partial charge < -0.3 is 24.6 Å². The topological polar surface area (TPSA) is 111 Å². The van der Waals surface area contributed by atoms with Gasteiger partial charge in [0.1, 0.15) is 17.2 Å². The van der Waals surface area contributed by atoms with Gasteiger partial charge in [0, 0.05) is 23.3 Å². The number of hydrogen-bond donors (Lipinski definition) is 2. The highest BCUT2D eigenvalue weighted by Crippen LogP contribution is 2.34. The van der Waals surface area contributed by atoms with E-state index in [1.165, 1.54) is 14.2 Å². The second-order valence-corrected chi connectivity index (χ2v) is 7.04. The molecule has 148 valence electrons. The van der Waals surface area contributed by atoms with E-state index in [4.69, 9.17) is 14.2 Å². The van der Waals surface area contributed by atoms with Gasteiger partial charge in [-0.1, -0.05) is 6.07 Å². The van der Waals surface area contributed by atoms with Crippen LogP contribution in [0.5, 0.6) is 5.75 Å². The van der Waals surface area contributed by atoms with Crippen LogP contribution in [0.25, 0.3) is 0 Å². The van der Waals surface area contributed by atoms with Crippen LogP contribution in [-0.4, -0.2) is 55.6 Å². The van der Waals surface area contributed by atoms with Crippen molar-refractivity contribution in [2.45, 2.75) is 31.2 Å². The molecule has 8 nitrogen and oxygen atoms in total. The molecule has 0 bridgehead atoms. The standard InChI is InChI=1S/C18H23NO7S/c1-10-13(24-2)7-6-11-15(10)17(22)26-8-4-5-14(20)19-12(16(21)25-3)9-27-18(11)23/h6-7,12,18,23H,4-5,8-9H2,1-3H3,(H,19,20)/t12?,18-/m1/s1. The zero-order valence-electron chi connectivity index (χ0n) is 15.4. The average Bonchev–Trinajstić information content (AvgIpc) is 2.67. The van der Waals surface area contributed by atoms with Crippen molar-refractivity contribution in [1.82, 2.24) is 5.32 Å². The number of fused-ring (bicyclic) bond motifs is 1. The number of methoxy groups -OCH3 is 2. The largest absolute Gasteiger partial charge is 0.496 e. The minimum Gasteiger partial charge on any atom is -0.496 e. The van der Waals surface area contributed by atoms with Crippen molar-refractivity contribution in [2.24, 2.45) is 0 Å². The maximum absolute atomic E-state index is 12.6. The van der Waals surface area contributed by atoms with Crippen molar-refractivity contribution >= 4 is 29.6 Å². The fourth-order valence-electron chi connectivity index (χ4n) is 2.74. The van der Waals surface area contributed by atoms with Crippen molar-refractivity contribution in [3.8, 4) is 5.75 Å². The highest BCUT2D eigenvalue weighted by atomic mass is 32.2. The third kappa shape index (κ3) is 5.14. The Hall–Kier alpha value is -2.26. The molecule has 1 heterocycles. The molecule has 0 aromatic heterocycles. The number of aliphatic hydroxyl groups is 1. The van der Waals surface area contributed by atoms with Gasteiger partial charge in [0.25, 0.3) is 0 Å². The maximum Gasteiger partial charge on any atom is 0.338 e. The van der Waals surface area contributed by atoms with E-state index in [1.54, 1.807) is 19.1 Å². The van der Waals surface area contributed by atoms with Crippen LogP contribution < -0.4 is 10.1 Å². The molecule has 0 spiro atoms. The number of esters is 2. The molecule has 0 saturated heterocycles. The fourth-order valence-corrected chi connectivity index (χ4v) is 3.71. The SMILES string of the molecule is COC(=O)C1CS[C@@H](O)c2ccc(OC)c(C)c2C(=O)OCCCC(=O)N1. The molecule has 0 saturated carbocycles. The molecule has 2 rings (SSSR count). The summed E-state index contributed by atoms with van der Waals surface area (Å²) in [5.74, 6) is -0.969. The number of cyclic esters (lactones) is 1. The Morgan fingerprint density at radius 3 is 2.74 bits per heavy atom. The van der Waals surface area contributed by atoms with E-state index in [1.807, 2.05) is 0 Å². The zero-order chi connectivity index (χ0) is 20.0. The molecule has 1 unspecified atom stereocenters. The van der Waals surface area contributed by atoms with Gasteiger partial charge in [-0.3, -0.25) is 4.79 Å². The molecular formula is C18H23NO7S. The first-order valence-electron chi connectivity index (χ1n) is 8.40. The third-order valence-corrected chi connectivity index (χ3v) is 5.26. The third-order valence-electron chi connectivity index (χ3n) is 4.16. The molecule has 1 aliphatic rings. The second kappa shape index (κ2) is 9.61. The first-order chi connectivity index (χ1) is 12.9. The normalized spacial score (nSPS) is 21.5. The number of thioether (sulfide) groups is 1. The minimum absolute atomic E-state index is 0.0362. The monoisotopic (exact) mass is 397 g/mol. The number of carbonyl (C=O) groups is 3. The summed E-state index contributed by atoms with van der Waals surface area (Å²) in [6.07, 6.45) is 0.400. The highest BCUT2D eigenvalue weighted by molar-refractivity contribution is 7.99. The van der Waals surface area contributed by atoms with Crippen molar-refractivity contribution in [3.63, 3.8) is 0 Å². The summed E-state index contributed by atoms with van der Waals surface area (Å²) in [4.78, 5) is 36.5. The van der Waals surface area contributed by atoms with Gasteiger partial charge in [0.2, 0.25) is 5.91 Å². The van der Waals surface area contributed by atoms with E-state index in [9.17, 15) is 19.5 Å². The number of amides is 1. The Labute approximate surface area is 161 Å². The lowest BCUT2D eigenvalue weighted by Crippen LogP contribution is -2.43. The second-order valence-electron chi connectivity index (χ2n) is 5.93. The van der Waals surface area contributed by atoms with Gasteiger partial charge in [0.15, 0.2) is 0 Å². The molecule has 0 radical (unpaired) electrons. The number of aliphatic hydroxyl groups excluding tert-OH is 1. The van der Waals surface area contributed by atoms with Crippen molar-refractivity contribution in [3.05, 3.63) is 28.8 Å². The predicted molar refractivity (Wildman–Crippen MR) is 98.6 cm³/mol. The fraction of sp³-hybridized carbons (Fsp3) is 0.500. The quantitative estimate of drug-likeness (QED) is 0.719. The van der Waals surface area contributed by atoms with E-state index >= 15 is 0 Å². The van der Waals surface area contributed by atoms with Crippen LogP contribution in [0.1, 0.15) is 39.8 Å². The number of carbonyl (C=O) groups excluding carboxylic acids is 3. The molecular weight excluding hydrogens is 374 g/mol. The number of benzene rings is 1. The number of hydrogen-bond acceptors (Lipinski definition) is 8. The molecule has 1 aromatic rings. The summed E-state index contributed by atoms with van der Waals surface area (Å²) < 4.78 is 15.2. The first kappa shape index (κ1) is 21.0. The lowest BCUT2D eigenvalue weighted by Gasteiger charge is -2.20. The molecule has 9 heteroatoms. The molecule has 27 heavy (non-hydrogen) atoms. The van der Waals surface area contributed by atoms with Gasteiger partial charge >= 0.3 is 11.9 Å². The van der Waals surface area contributed by atoms with Gasteiger partial charge in [-0.2, -0.15) is 0 Å². The Balaban J connectivity index is 2.38. The average molecular weight is 397 g/mol. The van der Waals surface area contributed by atoms with Gasteiger partial charge in [-0.15, -0.1) is 11.8 Å². The van der Waals surface area contributed by atoms with E-state index in [0.29, 0.717) is 23.3 Å². The molecule has 0 fully saturated rings. The van der Waals surface area contributed by atoms with Crippen LogP contribution in [0.4, 0.5) is 0 Å². The van der Waals surface area contributed by atoms with Gasteiger partial charge in [-0.25, -0.2) is 9.59 Å². The minimum atomic E-state index is -1.11. The predicted octanol–water partition coefficient (Wildman–Crippen LogP) is 1.34. The lowest BCUT2D eigenvalue weighted by atomic mass is 10.0. The molecule has 1 amide bonds. The summed E-state index contributed by atoms with van der Waals surface area (Å²) in [5.41, 5.74) is 0.0233. The Morgan fingerprint density at radius 1 is 1.33 bits per heavy atom. The van der Waals surface area contributed by atoms with E-state index in [-0.39, 0.29) is 30.3 Å². The summed E-state index contributed by atoms with van der Waals surface area (Å²) in [6, 6.07) is 2.34. The number of nitrogens with one attached hydrogen (secondary N) is 1. The van der Waals surface area contributed by atoms with E-state index in [0.717, 1.165) is 11.8 Å². The highest BCUT2D eigenvalue weighted by Gasteiger charge is 2.27. The summed E-state index contributed by atoms with van der Waals surface area (Å²) in [7, 11) is 2.72. The number of rotatable bonds is 2. The Morgan fingerprint density at radius 2 is 2.07 bits per heavy atom. The van der Waals surface area contributed by atoms with Crippen LogP contribution in [0.15, 0.2) is 12.1 Å². The van der Waals surface area contributed by atoms with Crippen LogP contribution in [0.2, 0.25) is 0 Å². The van der Waals surface area contributed by atoms with E-state index in [2.05, 4.69) is 5.32 Å². The number of ether oxygens (including phenoxy) is 3. The van der Waals surface area contributed by atoms with Crippen molar-refractivity contribution < 1.29 is 33.7 Å². The molecule has 2 N–H and O–H groups in total. The molecule has 0 aliphatic carbocycles. The molecule has 2 atom stereocenters. The van der Waals surface area contributed by atoms with Crippen molar-refractivity contribution in [1.29, 1.82) is 0 Å². The summed E-state index contributed by atoms with van der Waals surface area (Å²) >= 11 is 1.01. The van der Waals surface area contributed by atoms with Crippen molar-refractivity contribution in [2.75, 3.05) is 26.6 Å². The first-order valence-corrected chi connectivity index (χ1v) is 9.45. The van der Waals surface area contributed by atoms with E-state index < -0.39 is 23.4 Å². The molecule has 1 aromatic carbocycles. The molecule has 1 aliphatic heterocycles. The van der Waals surface area contributed by atoms with Crippen LogP contribution in [0.3, 0.4) is 0 Å². The van der Waals surface area contributed by atoms with Gasteiger partial charge in [-0.05, 0) is 19.4 Å². The lowest BCUT2D eigenvalue weighted by molar-refractivity contribution is -0.144. The van der Waals surface area contributed by atoms with Crippen LogP contribution in [-0.2, 0) is 19.1 Å². The van der Waals surface area contributed by atoms with Gasteiger partial charge in [0.05, 0.1) is 26.4 Å². The maximum atomic E-state index is 12.6. The summed E-state index contributed by atoms with van der Waals surface area (Å²) in [5, 5.41) is 13.2. The zero-order valence-corrected chi connectivity index (χ0v) is 16.3. The Kier molecular flexibility index (Phi) is 7.49. The van der Waals surface area contributed by atoms with Crippen LogP contribution >= 0.6 is 11.8 Å². The summed E-state index contributed by atoms with van der Waals surface area (Å²) in [6.45, 7) is 1.74.